The summed E-state index contributed by atoms with van der Waals surface area (Å²) in [6, 6.07) is 11.9. The Morgan fingerprint density at radius 2 is 1.86 bits per heavy atom. The molecule has 0 aliphatic carbocycles. The van der Waals surface area contributed by atoms with Gasteiger partial charge in [0.2, 0.25) is 0 Å². The molecular weight excluding hydrogens is 380 g/mol. The van der Waals surface area contributed by atoms with E-state index >= 15 is 0 Å². The molecule has 0 amide bonds. The fraction of sp³-hybridized carbons (Fsp3) is 0.300. The van der Waals surface area contributed by atoms with E-state index in [0.29, 0.717) is 17.9 Å². The lowest BCUT2D eigenvalue weighted by Gasteiger charge is -2.20. The first-order chi connectivity index (χ1) is 13.0. The Bertz CT molecular complexity index is 797. The van der Waals surface area contributed by atoms with E-state index in [2.05, 4.69) is 10.6 Å². The topological polar surface area (TPSA) is 109 Å². The van der Waals surface area contributed by atoms with Crippen LogP contribution < -0.4 is 21.1 Å². The van der Waals surface area contributed by atoms with Gasteiger partial charge < -0.3 is 25.8 Å². The molecule has 1 atom stereocenters. The molecule has 0 radical (unpaired) electrons. The monoisotopic (exact) mass is 406 g/mol. The highest BCUT2D eigenvalue weighted by Gasteiger charge is 2.22. The normalized spacial score (nSPS) is 11.0. The van der Waals surface area contributed by atoms with Gasteiger partial charge in [-0.2, -0.15) is 0 Å². The highest BCUT2D eigenvalue weighted by molar-refractivity contribution is 5.95. The second kappa shape index (κ2) is 11.0. The number of carbonyl (C=O) groups is 1. The summed E-state index contributed by atoms with van der Waals surface area (Å²) in [7, 11) is 1.36. The summed E-state index contributed by atoms with van der Waals surface area (Å²) in [4.78, 5) is 12.4. The molecule has 2 aromatic rings. The zero-order valence-electron chi connectivity index (χ0n) is 16.2. The maximum atomic E-state index is 12.4. The van der Waals surface area contributed by atoms with Crippen LogP contribution in [0.25, 0.3) is 0 Å². The van der Waals surface area contributed by atoms with E-state index in [-0.39, 0.29) is 18.2 Å². The molecule has 2 rings (SSSR count). The number of ether oxygens (including phenoxy) is 2. The number of carbonyl (C=O) groups excluding carboxylic acids is 1. The van der Waals surface area contributed by atoms with Crippen LogP contribution >= 0.6 is 12.4 Å². The first-order valence-electron chi connectivity index (χ1n) is 8.79. The Morgan fingerprint density at radius 3 is 2.39 bits per heavy atom. The maximum absolute atomic E-state index is 12.4. The summed E-state index contributed by atoms with van der Waals surface area (Å²) in [6.07, 6.45) is 0. The number of esters is 1. The SMILES string of the molecule is CCNc1cc(C(Nc2ccc(C(=N)N)cc2)C(=O)OC)ccc1OCC.Cl. The molecule has 0 saturated carbocycles. The lowest BCUT2D eigenvalue weighted by molar-refractivity contribution is -0.141. The van der Waals surface area contributed by atoms with Gasteiger partial charge in [-0.1, -0.05) is 6.07 Å². The average molecular weight is 407 g/mol. The Morgan fingerprint density at radius 1 is 1.18 bits per heavy atom. The van der Waals surface area contributed by atoms with E-state index in [9.17, 15) is 4.79 Å². The van der Waals surface area contributed by atoms with Crippen molar-refractivity contribution in [3.05, 3.63) is 53.6 Å². The smallest absolute Gasteiger partial charge is 0.332 e. The number of halogens is 1. The van der Waals surface area contributed by atoms with Crippen molar-refractivity contribution in [3.63, 3.8) is 0 Å². The minimum absolute atomic E-state index is 0. The predicted molar refractivity (Wildman–Crippen MR) is 115 cm³/mol. The minimum atomic E-state index is -0.689. The second-order valence-electron chi connectivity index (χ2n) is 5.81. The molecule has 1 unspecified atom stereocenters. The molecule has 28 heavy (non-hydrogen) atoms. The molecule has 0 saturated heterocycles. The van der Waals surface area contributed by atoms with Crippen LogP contribution in [0.2, 0.25) is 0 Å². The summed E-state index contributed by atoms with van der Waals surface area (Å²) in [5, 5.41) is 13.9. The van der Waals surface area contributed by atoms with Crippen molar-refractivity contribution in [2.75, 3.05) is 30.9 Å². The van der Waals surface area contributed by atoms with Gasteiger partial charge >= 0.3 is 5.97 Å². The van der Waals surface area contributed by atoms with Gasteiger partial charge in [0.05, 0.1) is 19.4 Å². The number of nitrogen functional groups attached to an aromatic ring is 1. The van der Waals surface area contributed by atoms with E-state index < -0.39 is 12.0 Å². The molecule has 8 heteroatoms. The average Bonchev–Trinajstić information content (AvgIpc) is 2.67. The molecule has 0 bridgehead atoms. The lowest BCUT2D eigenvalue weighted by atomic mass is 10.0. The van der Waals surface area contributed by atoms with Crippen LogP contribution in [0.5, 0.6) is 5.75 Å². The highest BCUT2D eigenvalue weighted by Crippen LogP contribution is 2.30. The van der Waals surface area contributed by atoms with E-state index in [0.717, 1.165) is 23.5 Å². The molecule has 0 aromatic heterocycles. The van der Waals surface area contributed by atoms with Crippen LogP contribution in [0.1, 0.15) is 31.0 Å². The fourth-order valence-corrected chi connectivity index (χ4v) is 2.65. The van der Waals surface area contributed by atoms with Gasteiger partial charge in [-0.05, 0) is 55.8 Å². The lowest BCUT2D eigenvalue weighted by Crippen LogP contribution is -2.22. The zero-order valence-corrected chi connectivity index (χ0v) is 17.1. The molecule has 152 valence electrons. The Kier molecular flexibility index (Phi) is 9.11. The van der Waals surface area contributed by atoms with Crippen molar-refractivity contribution in [2.24, 2.45) is 5.73 Å². The standard InChI is InChI=1S/C20H26N4O3.ClH/c1-4-23-16-12-14(8-11-17(16)27-5-2)18(20(25)26-3)24-15-9-6-13(7-10-15)19(21)22;/h6-12,18,23-24H,4-5H2,1-3H3,(H3,21,22);1H. The van der Waals surface area contributed by atoms with Crippen molar-refractivity contribution >= 4 is 35.6 Å². The predicted octanol–water partition coefficient (Wildman–Crippen LogP) is 3.55. The van der Waals surface area contributed by atoms with E-state index in [4.69, 9.17) is 20.6 Å². The third-order valence-electron chi connectivity index (χ3n) is 3.95. The Balaban J connectivity index is 0.00000392. The number of amidine groups is 1. The maximum Gasteiger partial charge on any atom is 0.332 e. The molecule has 2 aromatic carbocycles. The molecular formula is C20H27ClN4O3. The largest absolute Gasteiger partial charge is 0.492 e. The van der Waals surface area contributed by atoms with Crippen LogP contribution in [0, 0.1) is 5.41 Å². The summed E-state index contributed by atoms with van der Waals surface area (Å²) in [5.74, 6) is 0.322. The van der Waals surface area contributed by atoms with Crippen LogP contribution in [0.15, 0.2) is 42.5 Å². The first kappa shape index (κ1) is 23.1. The third-order valence-corrected chi connectivity index (χ3v) is 3.95. The summed E-state index contributed by atoms with van der Waals surface area (Å²) < 4.78 is 10.6. The number of anilines is 2. The van der Waals surface area contributed by atoms with Crippen molar-refractivity contribution in [3.8, 4) is 5.75 Å². The van der Waals surface area contributed by atoms with Crippen LogP contribution in [0.4, 0.5) is 11.4 Å². The van der Waals surface area contributed by atoms with Crippen molar-refractivity contribution < 1.29 is 14.3 Å². The summed E-state index contributed by atoms with van der Waals surface area (Å²) >= 11 is 0. The molecule has 5 N–H and O–H groups in total. The Labute approximate surface area is 171 Å². The number of nitrogens with two attached hydrogens (primary N) is 1. The molecule has 0 aliphatic rings. The third kappa shape index (κ3) is 5.79. The number of hydrogen-bond acceptors (Lipinski definition) is 6. The van der Waals surface area contributed by atoms with E-state index in [1.807, 2.05) is 32.0 Å². The van der Waals surface area contributed by atoms with Crippen LogP contribution in [-0.4, -0.2) is 32.1 Å². The Hall–Kier alpha value is -2.93. The van der Waals surface area contributed by atoms with E-state index in [1.54, 1.807) is 24.3 Å². The number of rotatable bonds is 9. The van der Waals surface area contributed by atoms with Gasteiger partial charge in [-0.3, -0.25) is 5.41 Å². The van der Waals surface area contributed by atoms with Crippen LogP contribution in [0.3, 0.4) is 0 Å². The van der Waals surface area contributed by atoms with Crippen molar-refractivity contribution in [1.82, 2.24) is 0 Å². The molecule has 7 nitrogen and oxygen atoms in total. The quantitative estimate of drug-likeness (QED) is 0.288. The molecule has 0 spiro atoms. The molecule has 0 heterocycles. The fourth-order valence-electron chi connectivity index (χ4n) is 2.65. The summed E-state index contributed by atoms with van der Waals surface area (Å²) in [6.45, 7) is 5.20. The summed E-state index contributed by atoms with van der Waals surface area (Å²) in [5.41, 5.74) is 8.38. The first-order valence-corrected chi connectivity index (χ1v) is 8.79. The van der Waals surface area contributed by atoms with Crippen molar-refractivity contribution in [1.29, 1.82) is 5.41 Å². The number of hydrogen-bond donors (Lipinski definition) is 4. The number of nitrogens with one attached hydrogen (secondary N) is 3. The molecule has 0 aliphatic heterocycles. The van der Waals surface area contributed by atoms with Crippen LogP contribution in [-0.2, 0) is 9.53 Å². The molecule has 0 fully saturated rings. The number of benzene rings is 2. The highest BCUT2D eigenvalue weighted by atomic mass is 35.5. The van der Waals surface area contributed by atoms with E-state index in [1.165, 1.54) is 7.11 Å². The van der Waals surface area contributed by atoms with Crippen molar-refractivity contribution in [2.45, 2.75) is 19.9 Å². The van der Waals surface area contributed by atoms with Gasteiger partial charge in [-0.15, -0.1) is 12.4 Å². The number of methoxy groups -OCH3 is 1. The van der Waals surface area contributed by atoms with Gasteiger partial charge in [-0.25, -0.2) is 4.79 Å². The van der Waals surface area contributed by atoms with Gasteiger partial charge in [0.1, 0.15) is 11.6 Å². The second-order valence-corrected chi connectivity index (χ2v) is 5.81. The van der Waals surface area contributed by atoms with Gasteiger partial charge in [0.25, 0.3) is 0 Å². The van der Waals surface area contributed by atoms with Gasteiger partial charge in [0.15, 0.2) is 6.04 Å². The van der Waals surface area contributed by atoms with Gasteiger partial charge in [0, 0.05) is 17.8 Å². The minimum Gasteiger partial charge on any atom is -0.492 e. The zero-order chi connectivity index (χ0) is 19.8.